The number of nitrogens with one attached hydrogen (secondary N) is 3. The third kappa shape index (κ3) is 14.6. The molecule has 492 valence electrons. The molecule has 0 bridgehead atoms. The first-order chi connectivity index (χ1) is 42.2. The number of amides is 3. The summed E-state index contributed by atoms with van der Waals surface area (Å²) >= 11 is 0. The number of hydrogen-bond acceptors (Lipinski definition) is 12. The monoisotopic (exact) mass is 1250 g/mol. The Balaban J connectivity index is 0.000000148. The van der Waals surface area contributed by atoms with Crippen molar-refractivity contribution in [3.05, 3.63) is 104 Å². The molecule has 24 heteroatoms. The molecule has 6 aliphatic rings. The number of ether oxygens (including phenoxy) is 3. The van der Waals surface area contributed by atoms with Gasteiger partial charge in [-0.2, -0.15) is 0 Å². The van der Waals surface area contributed by atoms with Crippen LogP contribution in [0.15, 0.2) is 69.0 Å². The molecule has 0 spiro atoms. The quantitative estimate of drug-likeness (QED) is 0.133. The summed E-state index contributed by atoms with van der Waals surface area (Å²) in [5.41, 5.74) is 1.58. The van der Waals surface area contributed by atoms with E-state index in [1.54, 1.807) is 46.6 Å². The number of nitrogens with zero attached hydrogens (tertiary/aromatic N) is 9. The number of fused-ring (bicyclic) bond motifs is 3. The first-order valence-corrected chi connectivity index (χ1v) is 32.1. The van der Waals surface area contributed by atoms with Gasteiger partial charge < -0.3 is 43.9 Å². The Kier molecular flexibility index (Phi) is 18.5. The summed E-state index contributed by atoms with van der Waals surface area (Å²) in [5.74, 6) is -1.06. The standard InChI is InChI=1S/3C22H31FN4O3/c3*1-21(2,3)30-20(29)25-12-9-22(4,14-25)26-10-7-16(8-11-26)27-18-6-5-15(23)13-17(18)24-19(27)28/h3*5-6,13,16H,7-12,14H2,1-4H3,(H,24,28). The molecule has 12 rings (SSSR count). The summed E-state index contributed by atoms with van der Waals surface area (Å²) in [4.78, 5) is 95.8. The molecular formula is C66H93F3N12O9. The number of benzene rings is 3. The van der Waals surface area contributed by atoms with Gasteiger partial charge >= 0.3 is 35.3 Å². The zero-order valence-corrected chi connectivity index (χ0v) is 54.6. The van der Waals surface area contributed by atoms with Crippen molar-refractivity contribution < 1.29 is 41.8 Å². The van der Waals surface area contributed by atoms with E-state index in [4.69, 9.17) is 14.2 Å². The topological polar surface area (TPSA) is 212 Å². The van der Waals surface area contributed by atoms with Gasteiger partial charge in [0.05, 0.1) is 33.1 Å². The number of carbonyl (C=O) groups excluding carboxylic acids is 3. The second-order valence-electron chi connectivity index (χ2n) is 29.5. The Hall–Kier alpha value is -7.05. The minimum atomic E-state index is -0.496. The molecule has 3 aromatic heterocycles. The Morgan fingerprint density at radius 1 is 0.411 bits per heavy atom. The molecule has 6 fully saturated rings. The van der Waals surface area contributed by atoms with Crippen LogP contribution in [0, 0.1) is 17.5 Å². The molecule has 3 aromatic carbocycles. The number of imidazole rings is 3. The van der Waals surface area contributed by atoms with Crippen LogP contribution in [-0.2, 0) is 14.2 Å². The lowest BCUT2D eigenvalue weighted by atomic mass is 9.94. The van der Waals surface area contributed by atoms with Crippen molar-refractivity contribution >= 4 is 51.4 Å². The van der Waals surface area contributed by atoms with Gasteiger partial charge in [0.15, 0.2) is 0 Å². The van der Waals surface area contributed by atoms with Gasteiger partial charge in [0.2, 0.25) is 0 Å². The second-order valence-corrected chi connectivity index (χ2v) is 29.5. The average molecular weight is 1260 g/mol. The summed E-state index contributed by atoms with van der Waals surface area (Å²) in [7, 11) is 0. The Bertz CT molecular complexity index is 3390. The molecule has 9 heterocycles. The molecule has 3 unspecified atom stereocenters. The highest BCUT2D eigenvalue weighted by Crippen LogP contribution is 2.38. The van der Waals surface area contributed by atoms with Crippen molar-refractivity contribution in [3.63, 3.8) is 0 Å². The van der Waals surface area contributed by atoms with E-state index in [0.29, 0.717) is 55.8 Å². The van der Waals surface area contributed by atoms with Gasteiger partial charge in [-0.05, 0) is 195 Å². The van der Waals surface area contributed by atoms with E-state index in [0.717, 1.165) is 114 Å². The van der Waals surface area contributed by atoms with E-state index >= 15 is 0 Å². The smallest absolute Gasteiger partial charge is 0.410 e. The lowest BCUT2D eigenvalue weighted by Crippen LogP contribution is -2.52. The van der Waals surface area contributed by atoms with Crippen molar-refractivity contribution in [2.45, 2.75) is 192 Å². The SMILES string of the molecule is CC(C)(C)OC(=O)N1CCC(C)(N2CCC(n3c(=O)[nH]c4cc(F)ccc43)CC2)C1.CC(C)(C)OC(=O)N1CCC(C)(N2CCC(n3c(=O)[nH]c4cc(F)ccc43)CC2)C1.CC(C)(C)OC(=O)N1CCC(C)(N2CCC(n3c(=O)[nH]c4cc(F)ccc43)CC2)C1. The fourth-order valence-corrected chi connectivity index (χ4v) is 14.4. The van der Waals surface area contributed by atoms with E-state index in [-0.39, 0.29) is 87.5 Å². The molecular weight excluding hydrogens is 1160 g/mol. The Labute approximate surface area is 523 Å². The molecule has 0 saturated carbocycles. The van der Waals surface area contributed by atoms with E-state index in [1.165, 1.54) is 36.4 Å². The fraction of sp³-hybridized carbons (Fsp3) is 0.636. The number of rotatable bonds is 6. The number of halogens is 3. The lowest BCUT2D eigenvalue weighted by Gasteiger charge is -2.43. The van der Waals surface area contributed by atoms with Gasteiger partial charge in [0, 0.05) is 113 Å². The molecule has 90 heavy (non-hydrogen) atoms. The number of aromatic amines is 3. The highest BCUT2D eigenvalue weighted by atomic mass is 19.1. The van der Waals surface area contributed by atoms with Crippen LogP contribution >= 0.6 is 0 Å². The maximum absolute atomic E-state index is 13.5. The zero-order chi connectivity index (χ0) is 65.0. The summed E-state index contributed by atoms with van der Waals surface area (Å²) in [6.45, 7) is 32.7. The predicted molar refractivity (Wildman–Crippen MR) is 340 cm³/mol. The van der Waals surface area contributed by atoms with E-state index in [9.17, 15) is 41.9 Å². The van der Waals surface area contributed by atoms with Crippen molar-refractivity contribution in [2.75, 3.05) is 78.5 Å². The number of hydrogen-bond donors (Lipinski definition) is 3. The fourth-order valence-electron chi connectivity index (χ4n) is 14.4. The van der Waals surface area contributed by atoms with Crippen LogP contribution in [0.3, 0.4) is 0 Å². The van der Waals surface area contributed by atoms with E-state index < -0.39 is 16.8 Å². The van der Waals surface area contributed by atoms with Crippen molar-refractivity contribution in [2.24, 2.45) is 0 Å². The highest BCUT2D eigenvalue weighted by Gasteiger charge is 2.46. The third-order valence-electron chi connectivity index (χ3n) is 19.1. The van der Waals surface area contributed by atoms with Crippen LogP contribution in [-0.4, -0.2) is 188 Å². The molecule has 6 saturated heterocycles. The van der Waals surface area contributed by atoms with Crippen LogP contribution < -0.4 is 17.1 Å². The average Bonchev–Trinajstić information content (AvgIpc) is 1.62. The molecule has 3 N–H and O–H groups in total. The maximum atomic E-state index is 13.5. The molecule has 3 amide bonds. The van der Waals surface area contributed by atoms with Gasteiger partial charge in [0.1, 0.15) is 34.3 Å². The first kappa shape index (κ1) is 65.9. The van der Waals surface area contributed by atoms with E-state index in [1.807, 2.05) is 62.3 Å². The van der Waals surface area contributed by atoms with E-state index in [2.05, 4.69) is 50.4 Å². The minimum absolute atomic E-state index is 0.0833. The summed E-state index contributed by atoms with van der Waals surface area (Å²) in [5, 5.41) is 0. The summed E-state index contributed by atoms with van der Waals surface area (Å²) in [6.07, 6.45) is 7.00. The van der Waals surface area contributed by atoms with Crippen LogP contribution in [0.25, 0.3) is 33.1 Å². The molecule has 6 aromatic rings. The molecule has 0 radical (unpaired) electrons. The largest absolute Gasteiger partial charge is 0.444 e. The van der Waals surface area contributed by atoms with Gasteiger partial charge in [-0.25, -0.2) is 41.9 Å². The van der Waals surface area contributed by atoms with Gasteiger partial charge in [-0.3, -0.25) is 28.4 Å². The van der Waals surface area contributed by atoms with Crippen LogP contribution in [0.4, 0.5) is 27.6 Å². The molecule has 0 aliphatic carbocycles. The van der Waals surface area contributed by atoms with Crippen molar-refractivity contribution in [1.29, 1.82) is 0 Å². The van der Waals surface area contributed by atoms with Crippen LogP contribution in [0.2, 0.25) is 0 Å². The molecule has 21 nitrogen and oxygen atoms in total. The molecule has 3 atom stereocenters. The van der Waals surface area contributed by atoms with Crippen molar-refractivity contribution in [3.8, 4) is 0 Å². The van der Waals surface area contributed by atoms with Gasteiger partial charge in [0.25, 0.3) is 0 Å². The molecule has 6 aliphatic heterocycles. The number of piperidine rings is 3. The normalized spacial score (nSPS) is 24.0. The first-order valence-electron chi connectivity index (χ1n) is 32.1. The van der Waals surface area contributed by atoms with Gasteiger partial charge in [-0.1, -0.05) is 0 Å². The lowest BCUT2D eigenvalue weighted by molar-refractivity contribution is 0.0214. The highest BCUT2D eigenvalue weighted by molar-refractivity contribution is 5.77. The minimum Gasteiger partial charge on any atom is -0.444 e. The number of aromatic nitrogens is 6. The Morgan fingerprint density at radius 2 is 0.644 bits per heavy atom. The number of likely N-dealkylation sites (tertiary alicyclic amines) is 6. The Morgan fingerprint density at radius 3 is 0.867 bits per heavy atom. The van der Waals surface area contributed by atoms with Gasteiger partial charge in [-0.15, -0.1) is 0 Å². The third-order valence-corrected chi connectivity index (χ3v) is 19.1. The second kappa shape index (κ2) is 25.2. The zero-order valence-electron chi connectivity index (χ0n) is 54.6. The van der Waals surface area contributed by atoms with Crippen molar-refractivity contribution in [1.82, 2.24) is 58.1 Å². The summed E-state index contributed by atoms with van der Waals surface area (Å²) in [6, 6.07) is 13.6. The van der Waals surface area contributed by atoms with Crippen LogP contribution in [0.5, 0.6) is 0 Å². The maximum Gasteiger partial charge on any atom is 0.410 e. The van der Waals surface area contributed by atoms with Crippen LogP contribution in [0.1, 0.15) is 159 Å². The predicted octanol–water partition coefficient (Wildman–Crippen LogP) is 10.5. The number of H-pyrrole nitrogens is 3. The summed E-state index contributed by atoms with van der Waals surface area (Å²) < 4.78 is 62.4. The number of carbonyl (C=O) groups is 3.